The van der Waals surface area contributed by atoms with Crippen molar-refractivity contribution in [2.45, 2.75) is 78.2 Å². The van der Waals surface area contributed by atoms with Gasteiger partial charge < -0.3 is 19.4 Å². The molecule has 0 aliphatic heterocycles. The van der Waals surface area contributed by atoms with Crippen LogP contribution in [0.15, 0.2) is 0 Å². The van der Waals surface area contributed by atoms with Gasteiger partial charge in [0.05, 0.1) is 11.1 Å². The third-order valence-corrected chi connectivity index (χ3v) is 6.50. The van der Waals surface area contributed by atoms with Gasteiger partial charge in [-0.2, -0.15) is 4.98 Å². The average Bonchev–Trinajstić information content (AvgIpc) is 2.80. The van der Waals surface area contributed by atoms with E-state index in [-0.39, 0.29) is 34.6 Å². The van der Waals surface area contributed by atoms with Crippen LogP contribution >= 0.6 is 23.2 Å². The molecule has 0 aliphatic rings. The number of halogens is 3. The van der Waals surface area contributed by atoms with Gasteiger partial charge in [-0.05, 0) is 45.3 Å². The number of ether oxygens (including phenoxy) is 2. The second-order valence-corrected chi connectivity index (χ2v) is 16.1. The highest BCUT2D eigenvalue weighted by atomic mass is 35.5. The molecule has 0 saturated carbocycles. The van der Waals surface area contributed by atoms with Crippen molar-refractivity contribution in [2.24, 2.45) is 0 Å². The predicted octanol–water partition coefficient (Wildman–Crippen LogP) is 5.65. The molecule has 11 heteroatoms. The van der Waals surface area contributed by atoms with Gasteiger partial charge in [0.1, 0.15) is 17.5 Å². The van der Waals surface area contributed by atoms with Crippen LogP contribution < -0.4 is 5.32 Å². The fourth-order valence-electron chi connectivity index (χ4n) is 2.89. The van der Waals surface area contributed by atoms with Crippen molar-refractivity contribution >= 4 is 48.4 Å². The molecule has 0 bridgehead atoms. The summed E-state index contributed by atoms with van der Waals surface area (Å²) in [6.07, 6.45) is -0.400. The standard InChI is InChI=1S/C20H31Cl2FN4O3Si/c1-12(24-19(28)30-20(2,3)4)10-13-15(23)14-16(21)25-18(22)26-17(14)27(13)11-29-8-9-31(5,6)7/h12H,8-11H2,1-7H3,(H,24,28)/t12-/m0/s1. The number of carbonyl (C=O) groups is 1. The first-order chi connectivity index (χ1) is 14.2. The molecule has 0 saturated heterocycles. The predicted molar refractivity (Wildman–Crippen MR) is 124 cm³/mol. The van der Waals surface area contributed by atoms with Crippen molar-refractivity contribution < 1.29 is 18.7 Å². The number of amides is 1. The molecule has 1 amide bonds. The Morgan fingerprint density at radius 3 is 2.48 bits per heavy atom. The summed E-state index contributed by atoms with van der Waals surface area (Å²) in [7, 11) is -1.28. The second kappa shape index (κ2) is 10.0. The Hall–Kier alpha value is -1.42. The summed E-state index contributed by atoms with van der Waals surface area (Å²) in [5.41, 5.74) is -0.0754. The molecule has 174 valence electrons. The van der Waals surface area contributed by atoms with Crippen molar-refractivity contribution in [1.82, 2.24) is 19.9 Å². The highest BCUT2D eigenvalue weighted by Crippen LogP contribution is 2.30. The first-order valence-electron chi connectivity index (χ1n) is 10.1. The van der Waals surface area contributed by atoms with E-state index in [0.29, 0.717) is 12.3 Å². The van der Waals surface area contributed by atoms with Gasteiger partial charge in [-0.1, -0.05) is 31.2 Å². The second-order valence-electron chi connectivity index (χ2n) is 9.77. The molecule has 1 atom stereocenters. The summed E-state index contributed by atoms with van der Waals surface area (Å²) in [6, 6.07) is 0.550. The van der Waals surface area contributed by atoms with Gasteiger partial charge in [-0.25, -0.2) is 14.2 Å². The number of carbonyl (C=O) groups excluding carboxylic acids is 1. The Balaban J connectivity index is 2.30. The molecule has 2 aromatic heterocycles. The van der Waals surface area contributed by atoms with E-state index in [1.807, 2.05) is 0 Å². The topological polar surface area (TPSA) is 78.3 Å². The lowest BCUT2D eigenvalue weighted by Crippen LogP contribution is -2.39. The molecule has 0 unspecified atom stereocenters. The smallest absolute Gasteiger partial charge is 0.407 e. The monoisotopic (exact) mass is 492 g/mol. The summed E-state index contributed by atoms with van der Waals surface area (Å²) in [4.78, 5) is 20.1. The van der Waals surface area contributed by atoms with Gasteiger partial charge in [0.2, 0.25) is 5.28 Å². The zero-order chi connectivity index (χ0) is 23.6. The molecule has 2 heterocycles. The maximum absolute atomic E-state index is 15.3. The first-order valence-corrected chi connectivity index (χ1v) is 14.6. The molecular formula is C20H31Cl2FN4O3Si. The lowest BCUT2D eigenvalue weighted by atomic mass is 10.1. The molecule has 2 aromatic rings. The lowest BCUT2D eigenvalue weighted by molar-refractivity contribution is 0.0507. The zero-order valence-corrected chi connectivity index (χ0v) is 21.6. The van der Waals surface area contributed by atoms with Gasteiger partial charge in [0, 0.05) is 27.1 Å². The normalized spacial score (nSPS) is 13.5. The van der Waals surface area contributed by atoms with Crippen LogP contribution in [0.1, 0.15) is 33.4 Å². The Labute approximate surface area is 193 Å². The first kappa shape index (κ1) is 25.8. The number of alkyl carbamates (subject to hydrolysis) is 1. The minimum atomic E-state index is -1.28. The molecule has 7 nitrogen and oxygen atoms in total. The van der Waals surface area contributed by atoms with E-state index in [2.05, 4.69) is 34.9 Å². The number of nitrogens with one attached hydrogen (secondary N) is 1. The molecule has 0 fully saturated rings. The van der Waals surface area contributed by atoms with E-state index < -0.39 is 31.6 Å². The van der Waals surface area contributed by atoms with E-state index in [9.17, 15) is 4.79 Å². The quantitative estimate of drug-likeness (QED) is 0.223. The van der Waals surface area contributed by atoms with Crippen LogP contribution in [-0.4, -0.2) is 47.0 Å². The number of rotatable bonds is 8. The van der Waals surface area contributed by atoms with Gasteiger partial charge in [-0.3, -0.25) is 0 Å². The van der Waals surface area contributed by atoms with Gasteiger partial charge in [0.25, 0.3) is 0 Å². The summed E-state index contributed by atoms with van der Waals surface area (Å²) < 4.78 is 28.0. The van der Waals surface area contributed by atoms with Crippen LogP contribution in [0, 0.1) is 5.82 Å². The Morgan fingerprint density at radius 2 is 1.90 bits per heavy atom. The summed E-state index contributed by atoms with van der Waals surface area (Å²) >= 11 is 12.1. The summed E-state index contributed by atoms with van der Waals surface area (Å²) in [5, 5.41) is 2.66. The maximum atomic E-state index is 15.3. The van der Waals surface area contributed by atoms with E-state index in [1.165, 1.54) is 0 Å². The van der Waals surface area contributed by atoms with Crippen molar-refractivity contribution in [1.29, 1.82) is 0 Å². The van der Waals surface area contributed by atoms with Gasteiger partial charge in [-0.15, -0.1) is 0 Å². The number of hydrogen-bond donors (Lipinski definition) is 1. The molecular weight excluding hydrogens is 462 g/mol. The number of hydrogen-bond acceptors (Lipinski definition) is 5. The minimum absolute atomic E-state index is 0.0673. The third kappa shape index (κ3) is 7.59. The number of fused-ring (bicyclic) bond motifs is 1. The van der Waals surface area contributed by atoms with Crippen molar-refractivity contribution in [3.8, 4) is 0 Å². The third-order valence-electron chi connectivity index (χ3n) is 4.35. The van der Waals surface area contributed by atoms with Crippen LogP contribution in [0.4, 0.5) is 9.18 Å². The lowest BCUT2D eigenvalue weighted by Gasteiger charge is -2.22. The zero-order valence-electron chi connectivity index (χ0n) is 19.1. The van der Waals surface area contributed by atoms with Crippen LogP contribution in [0.2, 0.25) is 36.1 Å². The molecule has 0 aliphatic carbocycles. The summed E-state index contributed by atoms with van der Waals surface area (Å²) in [5.74, 6) is -0.552. The fraction of sp³-hybridized carbons (Fsp3) is 0.650. The fourth-order valence-corrected chi connectivity index (χ4v) is 4.11. The van der Waals surface area contributed by atoms with E-state index >= 15 is 4.39 Å². The van der Waals surface area contributed by atoms with Crippen molar-refractivity contribution in [3.63, 3.8) is 0 Å². The Kier molecular flexibility index (Phi) is 8.35. The molecule has 2 rings (SSSR count). The largest absolute Gasteiger partial charge is 0.444 e. The highest BCUT2D eigenvalue weighted by Gasteiger charge is 2.25. The van der Waals surface area contributed by atoms with Crippen LogP contribution in [0.25, 0.3) is 11.0 Å². The van der Waals surface area contributed by atoms with E-state index in [1.54, 1.807) is 32.3 Å². The Bertz CT molecular complexity index is 941. The molecule has 1 N–H and O–H groups in total. The Morgan fingerprint density at radius 1 is 1.26 bits per heavy atom. The van der Waals surface area contributed by atoms with Crippen LogP contribution in [-0.2, 0) is 22.6 Å². The molecule has 0 radical (unpaired) electrons. The summed E-state index contributed by atoms with van der Waals surface area (Å²) in [6.45, 7) is 14.5. The molecule has 0 spiro atoms. The van der Waals surface area contributed by atoms with Crippen LogP contribution in [0.5, 0.6) is 0 Å². The van der Waals surface area contributed by atoms with Gasteiger partial charge >= 0.3 is 6.09 Å². The molecule has 31 heavy (non-hydrogen) atoms. The molecule has 0 aromatic carbocycles. The van der Waals surface area contributed by atoms with Crippen molar-refractivity contribution in [3.05, 3.63) is 21.9 Å². The van der Waals surface area contributed by atoms with Gasteiger partial charge in [0.15, 0.2) is 11.5 Å². The maximum Gasteiger partial charge on any atom is 0.407 e. The van der Waals surface area contributed by atoms with Crippen LogP contribution in [0.3, 0.4) is 0 Å². The van der Waals surface area contributed by atoms with E-state index in [4.69, 9.17) is 32.7 Å². The van der Waals surface area contributed by atoms with Crippen molar-refractivity contribution in [2.75, 3.05) is 6.61 Å². The minimum Gasteiger partial charge on any atom is -0.444 e. The number of nitrogens with zero attached hydrogens (tertiary/aromatic N) is 3. The SMILES string of the molecule is C[C@@H](Cc1c(F)c2c(Cl)nc(Cl)nc2n1COCC[Si](C)(C)C)NC(=O)OC(C)(C)C. The average molecular weight is 493 g/mol. The highest BCUT2D eigenvalue weighted by molar-refractivity contribution is 6.76. The number of aromatic nitrogens is 3. The van der Waals surface area contributed by atoms with E-state index in [0.717, 1.165) is 6.04 Å².